The molecule has 1 N–H and O–H groups in total. The maximum Gasteiger partial charge on any atom is 0.340 e. The molecule has 0 saturated carbocycles. The number of carbonyl (C=O) groups excluding carboxylic acids is 1. The molecule has 8 heteroatoms. The monoisotopic (exact) mass is 486 g/mol. The molecule has 1 unspecified atom stereocenters. The molecule has 0 aliphatic heterocycles. The molecule has 3 aromatic rings. The number of ether oxygens (including phenoxy) is 1. The molecule has 32 heavy (non-hydrogen) atoms. The Kier molecular flexibility index (Phi) is 7.54. The van der Waals surface area contributed by atoms with E-state index in [2.05, 4.69) is 4.98 Å². The summed E-state index contributed by atoms with van der Waals surface area (Å²) in [6.07, 6.45) is 1.57. The number of halogens is 1. The molecule has 0 amide bonds. The zero-order chi connectivity index (χ0) is 23.5. The largest absolute Gasteiger partial charge is 0.465 e. The fraction of sp³-hybridized carbons (Fsp3) is 0.208. The van der Waals surface area contributed by atoms with Crippen LogP contribution in [0.15, 0.2) is 70.7 Å². The lowest BCUT2D eigenvalue weighted by atomic mass is 10.0. The van der Waals surface area contributed by atoms with Crippen molar-refractivity contribution in [2.75, 3.05) is 7.11 Å². The molecule has 0 aliphatic carbocycles. The highest BCUT2D eigenvalue weighted by Gasteiger charge is 2.28. The van der Waals surface area contributed by atoms with Crippen molar-refractivity contribution in [3.63, 3.8) is 0 Å². The van der Waals surface area contributed by atoms with Crippen molar-refractivity contribution in [2.45, 2.75) is 35.4 Å². The van der Waals surface area contributed by atoms with Gasteiger partial charge < -0.3 is 4.74 Å². The van der Waals surface area contributed by atoms with Gasteiger partial charge in [0.2, 0.25) is 0 Å². The van der Waals surface area contributed by atoms with Crippen LogP contribution in [0.4, 0.5) is 0 Å². The number of nitrogens with one attached hydrogen (secondary N) is 1. The zero-order valence-corrected chi connectivity index (χ0v) is 20.5. The summed E-state index contributed by atoms with van der Waals surface area (Å²) < 4.78 is 17.3. The molecule has 0 bridgehead atoms. The van der Waals surface area contributed by atoms with Gasteiger partial charge in [0.05, 0.1) is 28.5 Å². The van der Waals surface area contributed by atoms with Crippen molar-refractivity contribution in [3.8, 4) is 11.1 Å². The average molecular weight is 487 g/mol. The number of pyridine rings is 1. The van der Waals surface area contributed by atoms with E-state index in [0.29, 0.717) is 20.5 Å². The standard InChI is InChI=1S/C24H23ClN2O3S2/c1-24(2,3)32(29)21(26)17-13-12-16(15-9-6-5-7-10-15)19(25)20(17)31-22-18(23(28)30-4)11-8-14-27-22/h5-14,26H,1-4H3. The van der Waals surface area contributed by atoms with Gasteiger partial charge in [-0.05, 0) is 38.5 Å². The van der Waals surface area contributed by atoms with Crippen LogP contribution in [0.5, 0.6) is 0 Å². The van der Waals surface area contributed by atoms with Crippen LogP contribution >= 0.6 is 23.4 Å². The van der Waals surface area contributed by atoms with Crippen molar-refractivity contribution in [3.05, 3.63) is 76.9 Å². The summed E-state index contributed by atoms with van der Waals surface area (Å²) in [6.45, 7) is 5.45. The number of benzene rings is 2. The number of carbonyl (C=O) groups is 1. The summed E-state index contributed by atoms with van der Waals surface area (Å²) in [5.41, 5.74) is 2.40. The lowest BCUT2D eigenvalue weighted by Gasteiger charge is -2.21. The Morgan fingerprint density at radius 2 is 1.75 bits per heavy atom. The van der Waals surface area contributed by atoms with Crippen molar-refractivity contribution >= 4 is 45.2 Å². The second kappa shape index (κ2) is 9.98. The second-order valence-electron chi connectivity index (χ2n) is 7.83. The third-order valence-electron chi connectivity index (χ3n) is 4.54. The molecule has 0 saturated heterocycles. The minimum atomic E-state index is -1.58. The van der Waals surface area contributed by atoms with E-state index >= 15 is 0 Å². The van der Waals surface area contributed by atoms with E-state index < -0.39 is 21.5 Å². The van der Waals surface area contributed by atoms with Crippen molar-refractivity contribution < 1.29 is 13.7 Å². The number of methoxy groups -OCH3 is 1. The minimum Gasteiger partial charge on any atom is -0.465 e. The molecule has 3 rings (SSSR count). The Morgan fingerprint density at radius 1 is 1.06 bits per heavy atom. The first-order valence-electron chi connectivity index (χ1n) is 9.75. The van der Waals surface area contributed by atoms with Crippen LogP contribution in [0.25, 0.3) is 11.1 Å². The van der Waals surface area contributed by atoms with Crippen LogP contribution in [0.2, 0.25) is 5.02 Å². The van der Waals surface area contributed by atoms with E-state index in [0.717, 1.165) is 22.9 Å². The molecular weight excluding hydrogens is 464 g/mol. The Bertz CT molecular complexity index is 1190. The van der Waals surface area contributed by atoms with Gasteiger partial charge in [-0.15, -0.1) is 0 Å². The first-order valence-corrected chi connectivity index (χ1v) is 12.1. The Labute approximate surface area is 199 Å². The highest BCUT2D eigenvalue weighted by atomic mass is 35.5. The summed E-state index contributed by atoms with van der Waals surface area (Å²) in [6, 6.07) is 16.5. The lowest BCUT2D eigenvalue weighted by Crippen LogP contribution is -2.28. The summed E-state index contributed by atoms with van der Waals surface area (Å²) in [5.74, 6) is -0.522. The first-order chi connectivity index (χ1) is 15.1. The van der Waals surface area contributed by atoms with Crippen LogP contribution in [-0.2, 0) is 15.5 Å². The summed E-state index contributed by atoms with van der Waals surface area (Å²) in [4.78, 5) is 17.1. The smallest absolute Gasteiger partial charge is 0.340 e. The summed E-state index contributed by atoms with van der Waals surface area (Å²) in [5, 5.41) is 9.42. The number of hydrogen-bond donors (Lipinski definition) is 1. The van der Waals surface area contributed by atoms with Crippen LogP contribution < -0.4 is 0 Å². The zero-order valence-electron chi connectivity index (χ0n) is 18.1. The number of hydrogen-bond acceptors (Lipinski definition) is 6. The van der Waals surface area contributed by atoms with Crippen molar-refractivity contribution in [1.82, 2.24) is 4.98 Å². The van der Waals surface area contributed by atoms with Gasteiger partial charge in [0, 0.05) is 27.0 Å². The van der Waals surface area contributed by atoms with E-state index in [9.17, 15) is 9.00 Å². The molecule has 2 aromatic carbocycles. The Balaban J connectivity index is 2.21. The van der Waals surface area contributed by atoms with Gasteiger partial charge in [-0.25, -0.2) is 9.78 Å². The first kappa shape index (κ1) is 24.2. The predicted octanol–water partition coefficient (Wildman–Crippen LogP) is 6.21. The molecule has 1 aromatic heterocycles. The fourth-order valence-corrected chi connectivity index (χ4v) is 5.40. The van der Waals surface area contributed by atoms with Gasteiger partial charge in [-0.2, -0.15) is 0 Å². The topological polar surface area (TPSA) is 80.1 Å². The molecule has 1 atom stereocenters. The molecule has 5 nitrogen and oxygen atoms in total. The second-order valence-corrected chi connectivity index (χ2v) is 11.4. The summed E-state index contributed by atoms with van der Waals surface area (Å²) >= 11 is 8.02. The molecule has 166 valence electrons. The molecule has 1 heterocycles. The fourth-order valence-electron chi connectivity index (χ4n) is 2.92. The molecule has 0 aliphatic rings. The van der Waals surface area contributed by atoms with Crippen LogP contribution in [0, 0.1) is 5.41 Å². The SMILES string of the molecule is COC(=O)c1cccnc1Sc1c(C(=N)S(=O)C(C)(C)C)ccc(-c2ccccc2)c1Cl. The normalized spacial score (nSPS) is 12.3. The van der Waals surface area contributed by atoms with Gasteiger partial charge in [-0.3, -0.25) is 9.62 Å². The van der Waals surface area contributed by atoms with E-state index in [4.69, 9.17) is 21.7 Å². The molecule has 0 fully saturated rings. The number of aromatic nitrogens is 1. The number of esters is 1. The molecule has 0 radical (unpaired) electrons. The third kappa shape index (κ3) is 5.11. The highest BCUT2D eigenvalue weighted by molar-refractivity contribution is 8.02. The number of rotatable bonds is 5. The van der Waals surface area contributed by atoms with E-state index in [1.807, 2.05) is 57.2 Å². The van der Waals surface area contributed by atoms with E-state index in [-0.39, 0.29) is 10.6 Å². The third-order valence-corrected chi connectivity index (χ3v) is 7.90. The van der Waals surface area contributed by atoms with Crippen LogP contribution in [-0.4, -0.2) is 32.1 Å². The lowest BCUT2D eigenvalue weighted by molar-refractivity contribution is 0.0596. The van der Waals surface area contributed by atoms with Gasteiger partial charge in [-0.1, -0.05) is 65.8 Å². The number of nitrogens with zero attached hydrogens (tertiary/aromatic N) is 1. The van der Waals surface area contributed by atoms with Crippen molar-refractivity contribution in [2.24, 2.45) is 0 Å². The van der Waals surface area contributed by atoms with Crippen molar-refractivity contribution in [1.29, 1.82) is 5.41 Å². The maximum atomic E-state index is 13.0. The minimum absolute atomic E-state index is 0.0305. The van der Waals surface area contributed by atoms with E-state index in [1.54, 1.807) is 24.4 Å². The Hall–Kier alpha value is -2.48. The van der Waals surface area contributed by atoms with Crippen LogP contribution in [0.3, 0.4) is 0 Å². The highest BCUT2D eigenvalue weighted by Crippen LogP contribution is 2.42. The van der Waals surface area contributed by atoms with Gasteiger partial charge >= 0.3 is 5.97 Å². The van der Waals surface area contributed by atoms with E-state index in [1.165, 1.54) is 7.11 Å². The molecular formula is C24H23ClN2O3S2. The summed E-state index contributed by atoms with van der Waals surface area (Å²) in [7, 11) is -0.271. The average Bonchev–Trinajstić information content (AvgIpc) is 2.79. The predicted molar refractivity (Wildman–Crippen MR) is 131 cm³/mol. The van der Waals surface area contributed by atoms with Gasteiger partial charge in [0.25, 0.3) is 0 Å². The Morgan fingerprint density at radius 3 is 2.38 bits per heavy atom. The quantitative estimate of drug-likeness (QED) is 0.263. The molecule has 0 spiro atoms. The van der Waals surface area contributed by atoms with Crippen LogP contribution in [0.1, 0.15) is 36.7 Å². The van der Waals surface area contributed by atoms with Gasteiger partial charge in [0.15, 0.2) is 0 Å². The van der Waals surface area contributed by atoms with Gasteiger partial charge in [0.1, 0.15) is 10.1 Å². The maximum absolute atomic E-state index is 13.0.